The molecule has 74 valence electrons. The highest BCUT2D eigenvalue weighted by Crippen LogP contribution is 2.24. The lowest BCUT2D eigenvalue weighted by Crippen LogP contribution is -1.90. The third-order valence-electron chi connectivity index (χ3n) is 2.14. The van der Waals surface area contributed by atoms with Crippen LogP contribution in [-0.4, -0.2) is 0 Å². The van der Waals surface area contributed by atoms with E-state index in [-0.39, 0.29) is 0 Å². The Kier molecular flexibility index (Phi) is 2.51. The summed E-state index contributed by atoms with van der Waals surface area (Å²) in [6, 6.07) is 7.83. The summed E-state index contributed by atoms with van der Waals surface area (Å²) < 4.78 is 5.68. The second kappa shape index (κ2) is 3.66. The average Bonchev–Trinajstić information content (AvgIpc) is 2.44. The second-order valence-corrected chi connectivity index (χ2v) is 4.43. The Morgan fingerprint density at radius 3 is 2.79 bits per heavy atom. The molecule has 2 heteroatoms. The molecule has 0 aliphatic rings. The van der Waals surface area contributed by atoms with Gasteiger partial charge in [-0.3, -0.25) is 0 Å². The highest BCUT2D eigenvalue weighted by Gasteiger charge is 2.05. The van der Waals surface area contributed by atoms with Gasteiger partial charge in [0.1, 0.15) is 11.3 Å². The molecule has 2 aromatic rings. The van der Waals surface area contributed by atoms with Gasteiger partial charge in [-0.1, -0.05) is 25.4 Å². The Morgan fingerprint density at radius 1 is 1.29 bits per heavy atom. The highest BCUT2D eigenvalue weighted by molar-refractivity contribution is 6.31. The van der Waals surface area contributed by atoms with Gasteiger partial charge in [0.05, 0.1) is 0 Å². The maximum absolute atomic E-state index is 5.87. The van der Waals surface area contributed by atoms with Gasteiger partial charge in [0.15, 0.2) is 0 Å². The predicted octanol–water partition coefficient (Wildman–Crippen LogP) is 4.28. The van der Waals surface area contributed by atoms with Gasteiger partial charge in [-0.15, -0.1) is 0 Å². The Labute approximate surface area is 88.7 Å². The van der Waals surface area contributed by atoms with Crippen molar-refractivity contribution in [2.24, 2.45) is 5.92 Å². The smallest absolute Gasteiger partial charge is 0.135 e. The maximum Gasteiger partial charge on any atom is 0.135 e. The summed E-state index contributed by atoms with van der Waals surface area (Å²) in [5.41, 5.74) is 0.883. The third-order valence-corrected chi connectivity index (χ3v) is 2.38. The lowest BCUT2D eigenvalue weighted by atomic mass is 10.1. The van der Waals surface area contributed by atoms with Crippen LogP contribution in [0.25, 0.3) is 11.0 Å². The van der Waals surface area contributed by atoms with Crippen LogP contribution in [0.2, 0.25) is 5.02 Å². The van der Waals surface area contributed by atoms with Crippen LogP contribution in [0.4, 0.5) is 0 Å². The van der Waals surface area contributed by atoms with E-state index in [1.807, 2.05) is 18.2 Å². The van der Waals surface area contributed by atoms with Crippen molar-refractivity contribution in [2.45, 2.75) is 20.3 Å². The summed E-state index contributed by atoms with van der Waals surface area (Å²) in [6.45, 7) is 4.36. The molecular weight excluding hydrogens is 196 g/mol. The molecule has 0 saturated carbocycles. The minimum absolute atomic E-state index is 0.617. The van der Waals surface area contributed by atoms with E-state index in [1.165, 1.54) is 0 Å². The lowest BCUT2D eigenvalue weighted by Gasteiger charge is -1.98. The summed E-state index contributed by atoms with van der Waals surface area (Å²) >= 11 is 5.87. The van der Waals surface area contributed by atoms with E-state index < -0.39 is 0 Å². The van der Waals surface area contributed by atoms with Crippen LogP contribution in [0.15, 0.2) is 28.7 Å². The molecule has 0 radical (unpaired) electrons. The Balaban J connectivity index is 2.41. The van der Waals surface area contributed by atoms with E-state index in [0.717, 1.165) is 28.2 Å². The van der Waals surface area contributed by atoms with Crippen molar-refractivity contribution < 1.29 is 4.42 Å². The van der Waals surface area contributed by atoms with Crippen molar-refractivity contribution in [3.63, 3.8) is 0 Å². The number of fused-ring (bicyclic) bond motifs is 1. The summed E-state index contributed by atoms with van der Waals surface area (Å²) in [5, 5.41) is 1.85. The van der Waals surface area contributed by atoms with E-state index in [2.05, 4.69) is 19.9 Å². The standard InChI is InChI=1S/C12H13ClO/c1-8(2)5-11-6-9-3-4-10(13)7-12(9)14-11/h3-4,6-8H,5H2,1-2H3. The lowest BCUT2D eigenvalue weighted by molar-refractivity contribution is 0.500. The molecule has 14 heavy (non-hydrogen) atoms. The summed E-state index contributed by atoms with van der Waals surface area (Å²) in [7, 11) is 0. The van der Waals surface area contributed by atoms with Crippen molar-refractivity contribution in [1.82, 2.24) is 0 Å². The van der Waals surface area contributed by atoms with Gasteiger partial charge < -0.3 is 4.42 Å². The van der Waals surface area contributed by atoms with Crippen molar-refractivity contribution in [3.05, 3.63) is 35.0 Å². The topological polar surface area (TPSA) is 13.1 Å². The van der Waals surface area contributed by atoms with E-state index in [0.29, 0.717) is 5.92 Å². The van der Waals surface area contributed by atoms with Crippen molar-refractivity contribution in [2.75, 3.05) is 0 Å². The Bertz CT molecular complexity index is 443. The summed E-state index contributed by atoms with van der Waals surface area (Å²) in [5.74, 6) is 1.66. The first-order valence-corrected chi connectivity index (χ1v) is 5.21. The molecule has 0 spiro atoms. The van der Waals surface area contributed by atoms with Crippen LogP contribution in [-0.2, 0) is 6.42 Å². The van der Waals surface area contributed by atoms with Crippen molar-refractivity contribution in [3.8, 4) is 0 Å². The van der Waals surface area contributed by atoms with Crippen LogP contribution in [0.3, 0.4) is 0 Å². The molecule has 1 nitrogen and oxygen atoms in total. The summed E-state index contributed by atoms with van der Waals surface area (Å²) in [6.07, 6.45) is 0.978. The molecule has 0 N–H and O–H groups in total. The van der Waals surface area contributed by atoms with Gasteiger partial charge in [0.2, 0.25) is 0 Å². The third kappa shape index (κ3) is 1.93. The largest absolute Gasteiger partial charge is 0.461 e. The highest BCUT2D eigenvalue weighted by atomic mass is 35.5. The molecular formula is C12H13ClO. The first-order valence-electron chi connectivity index (χ1n) is 4.83. The first kappa shape index (κ1) is 9.60. The number of hydrogen-bond donors (Lipinski definition) is 0. The molecule has 0 atom stereocenters. The molecule has 2 rings (SSSR count). The summed E-state index contributed by atoms with van der Waals surface area (Å²) in [4.78, 5) is 0. The average molecular weight is 209 g/mol. The minimum atomic E-state index is 0.617. The predicted molar refractivity (Wildman–Crippen MR) is 59.8 cm³/mol. The fourth-order valence-corrected chi connectivity index (χ4v) is 1.73. The van der Waals surface area contributed by atoms with Gasteiger partial charge in [-0.25, -0.2) is 0 Å². The quantitative estimate of drug-likeness (QED) is 0.718. The maximum atomic E-state index is 5.87. The van der Waals surface area contributed by atoms with Gasteiger partial charge in [-0.05, 0) is 30.2 Å². The SMILES string of the molecule is CC(C)Cc1cc2ccc(Cl)cc2o1. The Hall–Kier alpha value is -0.950. The molecule has 0 aliphatic heterocycles. The monoisotopic (exact) mass is 208 g/mol. The molecule has 0 unspecified atom stereocenters. The normalized spacial score (nSPS) is 11.4. The zero-order valence-corrected chi connectivity index (χ0v) is 9.14. The second-order valence-electron chi connectivity index (χ2n) is 3.99. The molecule has 1 aromatic heterocycles. The molecule has 0 amide bonds. The number of halogens is 1. The number of rotatable bonds is 2. The van der Waals surface area contributed by atoms with Crippen LogP contribution in [0, 0.1) is 5.92 Å². The zero-order valence-electron chi connectivity index (χ0n) is 8.38. The molecule has 0 bridgehead atoms. The molecule has 0 fully saturated rings. The van der Waals surface area contributed by atoms with Crippen molar-refractivity contribution in [1.29, 1.82) is 0 Å². The van der Waals surface area contributed by atoms with Crippen LogP contribution in [0.5, 0.6) is 0 Å². The van der Waals surface area contributed by atoms with Gasteiger partial charge in [-0.2, -0.15) is 0 Å². The Morgan fingerprint density at radius 2 is 2.07 bits per heavy atom. The van der Waals surface area contributed by atoms with Crippen LogP contribution in [0.1, 0.15) is 19.6 Å². The van der Waals surface area contributed by atoms with E-state index in [1.54, 1.807) is 0 Å². The van der Waals surface area contributed by atoms with Gasteiger partial charge in [0.25, 0.3) is 0 Å². The fourth-order valence-electron chi connectivity index (χ4n) is 1.56. The number of hydrogen-bond acceptors (Lipinski definition) is 1. The first-order chi connectivity index (χ1) is 6.65. The van der Waals surface area contributed by atoms with E-state index in [9.17, 15) is 0 Å². The minimum Gasteiger partial charge on any atom is -0.461 e. The van der Waals surface area contributed by atoms with Gasteiger partial charge in [0, 0.05) is 16.8 Å². The number of furan rings is 1. The fraction of sp³-hybridized carbons (Fsp3) is 0.333. The van der Waals surface area contributed by atoms with Gasteiger partial charge >= 0.3 is 0 Å². The number of benzene rings is 1. The molecule has 0 saturated heterocycles. The molecule has 1 heterocycles. The molecule has 0 aliphatic carbocycles. The van der Waals surface area contributed by atoms with E-state index in [4.69, 9.17) is 16.0 Å². The van der Waals surface area contributed by atoms with Crippen LogP contribution < -0.4 is 0 Å². The van der Waals surface area contributed by atoms with E-state index >= 15 is 0 Å². The molecule has 1 aromatic carbocycles. The van der Waals surface area contributed by atoms with Crippen LogP contribution >= 0.6 is 11.6 Å². The zero-order chi connectivity index (χ0) is 10.1. The van der Waals surface area contributed by atoms with Crippen molar-refractivity contribution >= 4 is 22.6 Å².